The highest BCUT2D eigenvalue weighted by molar-refractivity contribution is 5.94. The summed E-state index contributed by atoms with van der Waals surface area (Å²) in [6, 6.07) is 8.98. The Balaban J connectivity index is 2.35. The third kappa shape index (κ3) is 9.01. The molecule has 0 aliphatic rings. The van der Waals surface area contributed by atoms with Crippen LogP contribution in [0.5, 0.6) is 5.88 Å². The van der Waals surface area contributed by atoms with Crippen molar-refractivity contribution in [2.45, 2.75) is 106 Å². The van der Waals surface area contributed by atoms with Gasteiger partial charge in [0, 0.05) is 30.8 Å². The molecule has 0 saturated heterocycles. The van der Waals surface area contributed by atoms with E-state index in [0.717, 1.165) is 56.2 Å². The van der Waals surface area contributed by atoms with E-state index >= 15 is 0 Å². The molecule has 0 saturated carbocycles. The third-order valence-corrected chi connectivity index (χ3v) is 8.01. The Bertz CT molecular complexity index is 1230. The van der Waals surface area contributed by atoms with Gasteiger partial charge in [-0.25, -0.2) is 0 Å². The van der Waals surface area contributed by atoms with E-state index in [-0.39, 0.29) is 29.6 Å². The Morgan fingerprint density at radius 1 is 0.951 bits per heavy atom. The smallest absolute Gasteiger partial charge is 0.271 e. The Morgan fingerprint density at radius 2 is 1.51 bits per heavy atom. The standard InChI is InChI=1S/C33H49N5O3/c1-7-13-15-24(9-3)22-37(23-25(10-4)16-14-8-2)31(39)26-17-19-27(20-18-26)35-36-30-28(11-5)29(21-34)32(40)38(12-6)33(30)41/h17-20,24-25,41H,7-16,22-23H2,1-6H3/b36-35+. The largest absolute Gasteiger partial charge is 0.493 e. The Kier molecular flexibility index (Phi) is 14.3. The molecular formula is C33H49N5O3. The average molecular weight is 564 g/mol. The van der Waals surface area contributed by atoms with Gasteiger partial charge in [0.2, 0.25) is 5.88 Å². The first-order valence-corrected chi connectivity index (χ1v) is 15.5. The second-order valence-electron chi connectivity index (χ2n) is 10.8. The van der Waals surface area contributed by atoms with E-state index in [4.69, 9.17) is 0 Å². The predicted octanol–water partition coefficient (Wildman–Crippen LogP) is 8.30. The Labute approximate surface area is 246 Å². The second-order valence-corrected chi connectivity index (χ2v) is 10.8. The number of hydrogen-bond acceptors (Lipinski definition) is 6. The van der Waals surface area contributed by atoms with Crippen LogP contribution in [-0.4, -0.2) is 33.6 Å². The summed E-state index contributed by atoms with van der Waals surface area (Å²) in [5.74, 6) is 0.709. The zero-order valence-corrected chi connectivity index (χ0v) is 25.9. The van der Waals surface area contributed by atoms with Crippen molar-refractivity contribution in [1.82, 2.24) is 9.47 Å². The lowest BCUT2D eigenvalue weighted by Gasteiger charge is -2.31. The van der Waals surface area contributed by atoms with Gasteiger partial charge in [-0.05, 0) is 62.3 Å². The minimum absolute atomic E-state index is 0.0317. The van der Waals surface area contributed by atoms with Crippen LogP contribution in [0, 0.1) is 23.2 Å². The van der Waals surface area contributed by atoms with Crippen LogP contribution >= 0.6 is 0 Å². The normalized spacial score (nSPS) is 12.8. The molecule has 1 amide bonds. The highest BCUT2D eigenvalue weighted by atomic mass is 16.3. The molecule has 2 atom stereocenters. The topological polar surface area (TPSA) is 111 Å². The fourth-order valence-corrected chi connectivity index (χ4v) is 5.26. The molecule has 1 heterocycles. The number of aromatic nitrogens is 1. The number of nitrogens with zero attached hydrogens (tertiary/aromatic N) is 5. The third-order valence-electron chi connectivity index (χ3n) is 8.01. The van der Waals surface area contributed by atoms with Crippen molar-refractivity contribution >= 4 is 17.3 Å². The maximum Gasteiger partial charge on any atom is 0.271 e. The van der Waals surface area contributed by atoms with Gasteiger partial charge in [0.15, 0.2) is 5.69 Å². The lowest BCUT2D eigenvalue weighted by molar-refractivity contribution is 0.0685. The molecule has 2 aromatic rings. The first-order valence-electron chi connectivity index (χ1n) is 15.5. The van der Waals surface area contributed by atoms with Crippen LogP contribution in [0.3, 0.4) is 0 Å². The molecule has 0 radical (unpaired) electrons. The minimum Gasteiger partial charge on any atom is -0.493 e. The van der Waals surface area contributed by atoms with Crippen molar-refractivity contribution < 1.29 is 9.90 Å². The van der Waals surface area contributed by atoms with Crippen LogP contribution in [0.1, 0.15) is 114 Å². The number of hydrogen-bond donors (Lipinski definition) is 1. The number of rotatable bonds is 17. The molecule has 1 aromatic carbocycles. The molecule has 2 rings (SSSR count). The number of benzene rings is 1. The van der Waals surface area contributed by atoms with E-state index in [2.05, 4.69) is 42.8 Å². The molecule has 0 spiro atoms. The molecule has 1 aromatic heterocycles. The van der Waals surface area contributed by atoms with Gasteiger partial charge in [0.25, 0.3) is 11.5 Å². The summed E-state index contributed by atoms with van der Waals surface area (Å²) in [5, 5.41) is 28.8. The Morgan fingerprint density at radius 3 is 1.95 bits per heavy atom. The highest BCUT2D eigenvalue weighted by Gasteiger charge is 2.23. The summed E-state index contributed by atoms with van der Waals surface area (Å²) in [5.41, 5.74) is 1.04. The zero-order valence-electron chi connectivity index (χ0n) is 25.9. The number of pyridine rings is 1. The fraction of sp³-hybridized carbons (Fsp3) is 0.606. The molecule has 8 nitrogen and oxygen atoms in total. The van der Waals surface area contributed by atoms with Gasteiger partial charge in [-0.2, -0.15) is 10.4 Å². The molecule has 2 unspecified atom stereocenters. The van der Waals surface area contributed by atoms with Gasteiger partial charge < -0.3 is 10.0 Å². The lowest BCUT2D eigenvalue weighted by atomic mass is 9.95. The molecule has 0 fully saturated rings. The summed E-state index contributed by atoms with van der Waals surface area (Å²) in [6.45, 7) is 14.1. The van der Waals surface area contributed by atoms with Crippen LogP contribution < -0.4 is 5.56 Å². The summed E-state index contributed by atoms with van der Waals surface area (Å²) >= 11 is 0. The van der Waals surface area contributed by atoms with Crippen LogP contribution in [0.2, 0.25) is 0 Å². The highest BCUT2D eigenvalue weighted by Crippen LogP contribution is 2.33. The predicted molar refractivity (Wildman–Crippen MR) is 165 cm³/mol. The molecule has 8 heteroatoms. The maximum atomic E-state index is 13.8. The number of amides is 1. The van der Waals surface area contributed by atoms with E-state index < -0.39 is 5.56 Å². The number of aromatic hydroxyl groups is 1. The first kappa shape index (κ1) is 33.7. The first-order chi connectivity index (χ1) is 19.8. The van der Waals surface area contributed by atoms with Crippen molar-refractivity contribution in [1.29, 1.82) is 5.26 Å². The molecule has 1 N–H and O–H groups in total. The summed E-state index contributed by atoms with van der Waals surface area (Å²) < 4.78 is 1.12. The molecule has 41 heavy (non-hydrogen) atoms. The fourth-order valence-electron chi connectivity index (χ4n) is 5.26. The molecule has 224 valence electrons. The molecule has 0 bridgehead atoms. The van der Waals surface area contributed by atoms with Gasteiger partial charge in [0.1, 0.15) is 11.6 Å². The van der Waals surface area contributed by atoms with E-state index in [9.17, 15) is 20.0 Å². The summed E-state index contributed by atoms with van der Waals surface area (Å²) in [7, 11) is 0. The van der Waals surface area contributed by atoms with Crippen molar-refractivity contribution in [2.24, 2.45) is 22.1 Å². The van der Waals surface area contributed by atoms with Crippen LogP contribution in [-0.2, 0) is 13.0 Å². The second kappa shape index (κ2) is 17.4. The molecule has 0 aliphatic heterocycles. The van der Waals surface area contributed by atoms with E-state index in [1.807, 2.05) is 6.07 Å². The van der Waals surface area contributed by atoms with E-state index in [1.54, 1.807) is 38.1 Å². The minimum atomic E-state index is -0.532. The number of unbranched alkanes of at least 4 members (excludes halogenated alkanes) is 2. The Hall–Kier alpha value is -3.47. The monoisotopic (exact) mass is 563 g/mol. The maximum absolute atomic E-state index is 13.8. The van der Waals surface area contributed by atoms with Crippen molar-refractivity contribution in [2.75, 3.05) is 13.1 Å². The van der Waals surface area contributed by atoms with Gasteiger partial charge in [0.05, 0.1) is 5.69 Å². The number of carbonyl (C=O) groups is 1. The molecule has 0 aliphatic carbocycles. The van der Waals surface area contributed by atoms with Crippen molar-refractivity contribution in [3.8, 4) is 11.9 Å². The van der Waals surface area contributed by atoms with Crippen LogP contribution in [0.15, 0.2) is 39.3 Å². The van der Waals surface area contributed by atoms with Crippen LogP contribution in [0.4, 0.5) is 11.4 Å². The number of azo groups is 1. The van der Waals surface area contributed by atoms with Crippen molar-refractivity contribution in [3.05, 3.63) is 51.3 Å². The zero-order chi connectivity index (χ0) is 30.4. The SMILES string of the molecule is CCCCC(CC)CN(CC(CC)CCCC)C(=O)c1ccc(/N=N/c2c(CC)c(C#N)c(=O)n(CC)c2O)cc1. The summed E-state index contributed by atoms with van der Waals surface area (Å²) in [4.78, 5) is 28.4. The number of carbonyl (C=O) groups excluding carboxylic acids is 1. The molecular weight excluding hydrogens is 514 g/mol. The number of nitriles is 1. The van der Waals surface area contributed by atoms with Gasteiger partial charge in [-0.15, -0.1) is 5.11 Å². The van der Waals surface area contributed by atoms with Gasteiger partial charge in [-0.1, -0.05) is 73.1 Å². The lowest BCUT2D eigenvalue weighted by Crippen LogP contribution is -2.39. The average Bonchev–Trinajstić information content (AvgIpc) is 2.99. The summed E-state index contributed by atoms with van der Waals surface area (Å²) in [6.07, 6.45) is 9.39. The quantitative estimate of drug-likeness (QED) is 0.195. The van der Waals surface area contributed by atoms with Gasteiger partial charge >= 0.3 is 0 Å². The van der Waals surface area contributed by atoms with E-state index in [0.29, 0.717) is 35.1 Å². The van der Waals surface area contributed by atoms with Crippen LogP contribution in [0.25, 0.3) is 0 Å². The van der Waals surface area contributed by atoms with E-state index in [1.165, 1.54) is 12.8 Å². The van der Waals surface area contributed by atoms with Gasteiger partial charge in [-0.3, -0.25) is 14.2 Å². The van der Waals surface area contributed by atoms with Crippen molar-refractivity contribution in [3.63, 3.8) is 0 Å².